The highest BCUT2D eigenvalue weighted by atomic mass is 32.2. The second kappa shape index (κ2) is 7.07. The Balaban J connectivity index is 1.84. The summed E-state index contributed by atoms with van der Waals surface area (Å²) in [6.45, 7) is 2.86. The van der Waals surface area contributed by atoms with Crippen LogP contribution < -0.4 is 0 Å². The molecule has 0 atom stereocenters. The fourth-order valence-corrected chi connectivity index (χ4v) is 3.30. The second-order valence-electron chi connectivity index (χ2n) is 4.84. The average molecular weight is 321 g/mol. The zero-order valence-corrected chi connectivity index (χ0v) is 13.5. The van der Waals surface area contributed by atoms with Crippen molar-refractivity contribution >= 4 is 11.8 Å². The molecular weight excluding hydrogens is 306 g/mol. The first-order valence-corrected chi connectivity index (χ1v) is 8.26. The second-order valence-corrected chi connectivity index (χ2v) is 5.79. The van der Waals surface area contributed by atoms with Gasteiger partial charge in [0.1, 0.15) is 0 Å². The van der Waals surface area contributed by atoms with Crippen molar-refractivity contribution in [2.75, 3.05) is 0 Å². The lowest BCUT2D eigenvalue weighted by Crippen LogP contribution is -2.00. The SMILES string of the molecule is CCn1c(SCc2ccccc2C#N)nnc1-c1ccncc1. The number of nitriles is 1. The van der Waals surface area contributed by atoms with Gasteiger partial charge in [0.15, 0.2) is 11.0 Å². The van der Waals surface area contributed by atoms with E-state index in [0.717, 1.165) is 28.7 Å². The summed E-state index contributed by atoms with van der Waals surface area (Å²) in [6.07, 6.45) is 3.50. The smallest absolute Gasteiger partial charge is 0.191 e. The van der Waals surface area contributed by atoms with Gasteiger partial charge in [-0.2, -0.15) is 5.26 Å². The molecule has 6 heteroatoms. The van der Waals surface area contributed by atoms with E-state index in [1.54, 1.807) is 24.2 Å². The van der Waals surface area contributed by atoms with Crippen LogP contribution in [-0.2, 0) is 12.3 Å². The maximum absolute atomic E-state index is 9.17. The molecule has 2 heterocycles. The minimum absolute atomic E-state index is 0.693. The molecule has 0 saturated heterocycles. The molecule has 1 aromatic carbocycles. The highest BCUT2D eigenvalue weighted by molar-refractivity contribution is 7.98. The molecule has 5 nitrogen and oxygen atoms in total. The van der Waals surface area contributed by atoms with E-state index in [1.165, 1.54) is 0 Å². The lowest BCUT2D eigenvalue weighted by Gasteiger charge is -2.07. The van der Waals surface area contributed by atoms with Crippen molar-refractivity contribution in [1.82, 2.24) is 19.7 Å². The molecule has 23 heavy (non-hydrogen) atoms. The first kappa shape index (κ1) is 15.3. The molecule has 3 rings (SSSR count). The highest BCUT2D eigenvalue weighted by Crippen LogP contribution is 2.26. The van der Waals surface area contributed by atoms with E-state index < -0.39 is 0 Å². The lowest BCUT2D eigenvalue weighted by molar-refractivity contribution is 0.687. The minimum atomic E-state index is 0.693. The maximum Gasteiger partial charge on any atom is 0.191 e. The van der Waals surface area contributed by atoms with Crippen molar-refractivity contribution in [2.45, 2.75) is 24.4 Å². The summed E-state index contributed by atoms with van der Waals surface area (Å²) in [5.74, 6) is 1.53. The van der Waals surface area contributed by atoms with Crippen molar-refractivity contribution in [3.8, 4) is 17.5 Å². The van der Waals surface area contributed by atoms with E-state index >= 15 is 0 Å². The Morgan fingerprint density at radius 1 is 1.13 bits per heavy atom. The van der Waals surface area contributed by atoms with Gasteiger partial charge in [0.25, 0.3) is 0 Å². The molecule has 0 amide bonds. The Hall–Kier alpha value is -2.65. The largest absolute Gasteiger partial charge is 0.302 e. The van der Waals surface area contributed by atoms with Crippen LogP contribution in [0.25, 0.3) is 11.4 Å². The molecule has 0 aliphatic carbocycles. The third-order valence-electron chi connectivity index (χ3n) is 3.47. The van der Waals surface area contributed by atoms with Gasteiger partial charge in [0, 0.05) is 30.3 Å². The summed E-state index contributed by atoms with van der Waals surface area (Å²) in [5, 5.41) is 18.6. The number of hydrogen-bond donors (Lipinski definition) is 0. The van der Waals surface area contributed by atoms with Crippen LogP contribution in [0.15, 0.2) is 53.9 Å². The zero-order chi connectivity index (χ0) is 16.1. The van der Waals surface area contributed by atoms with E-state index in [1.807, 2.05) is 36.4 Å². The molecule has 0 aliphatic heterocycles. The van der Waals surface area contributed by atoms with Gasteiger partial charge in [-0.25, -0.2) is 0 Å². The van der Waals surface area contributed by atoms with Gasteiger partial charge >= 0.3 is 0 Å². The molecule has 0 radical (unpaired) electrons. The van der Waals surface area contributed by atoms with Crippen LogP contribution in [0.5, 0.6) is 0 Å². The Bertz CT molecular complexity index is 836. The lowest BCUT2D eigenvalue weighted by atomic mass is 10.1. The number of hydrogen-bond acceptors (Lipinski definition) is 5. The Labute approximate surface area is 139 Å². The first-order valence-electron chi connectivity index (χ1n) is 7.28. The molecule has 0 N–H and O–H groups in total. The summed E-state index contributed by atoms with van der Waals surface area (Å²) in [5.41, 5.74) is 2.71. The van der Waals surface area contributed by atoms with Gasteiger partial charge in [0.2, 0.25) is 0 Å². The third kappa shape index (κ3) is 3.25. The maximum atomic E-state index is 9.17. The Morgan fingerprint density at radius 3 is 2.65 bits per heavy atom. The Kier molecular flexibility index (Phi) is 4.69. The fourth-order valence-electron chi connectivity index (χ4n) is 2.29. The standard InChI is InChI=1S/C17H15N5S/c1-2-22-16(13-7-9-19-10-8-13)20-21-17(22)23-12-15-6-4-3-5-14(15)11-18/h3-10H,2,12H2,1H3. The van der Waals surface area contributed by atoms with Crippen molar-refractivity contribution in [1.29, 1.82) is 5.26 Å². The normalized spacial score (nSPS) is 10.4. The quantitative estimate of drug-likeness (QED) is 0.673. The molecule has 0 saturated carbocycles. The molecule has 0 bridgehead atoms. The zero-order valence-electron chi connectivity index (χ0n) is 12.7. The van der Waals surface area contributed by atoms with E-state index in [0.29, 0.717) is 11.3 Å². The van der Waals surface area contributed by atoms with Gasteiger partial charge in [0.05, 0.1) is 11.6 Å². The molecule has 2 aromatic heterocycles. The summed E-state index contributed by atoms with van der Waals surface area (Å²) in [7, 11) is 0. The molecule has 3 aromatic rings. The Morgan fingerprint density at radius 2 is 1.91 bits per heavy atom. The molecule has 0 unspecified atom stereocenters. The number of pyridine rings is 1. The molecule has 0 spiro atoms. The van der Waals surface area contributed by atoms with Crippen LogP contribution >= 0.6 is 11.8 Å². The van der Waals surface area contributed by atoms with E-state index in [4.69, 9.17) is 0 Å². The highest BCUT2D eigenvalue weighted by Gasteiger charge is 2.13. The number of aromatic nitrogens is 4. The third-order valence-corrected chi connectivity index (χ3v) is 4.48. The number of thioether (sulfide) groups is 1. The molecular formula is C17H15N5S. The molecule has 114 valence electrons. The van der Waals surface area contributed by atoms with E-state index in [2.05, 4.69) is 32.7 Å². The fraction of sp³-hybridized carbons (Fsp3) is 0.176. The van der Waals surface area contributed by atoms with Crippen molar-refractivity contribution < 1.29 is 0 Å². The average Bonchev–Trinajstić information content (AvgIpc) is 3.03. The van der Waals surface area contributed by atoms with Crippen LogP contribution in [0.4, 0.5) is 0 Å². The first-order chi connectivity index (χ1) is 11.3. The summed E-state index contributed by atoms with van der Waals surface area (Å²) in [4.78, 5) is 4.04. The number of benzene rings is 1. The number of nitrogens with zero attached hydrogens (tertiary/aromatic N) is 5. The van der Waals surface area contributed by atoms with Crippen molar-refractivity contribution in [2.24, 2.45) is 0 Å². The summed E-state index contributed by atoms with van der Waals surface area (Å²) < 4.78 is 2.08. The van der Waals surface area contributed by atoms with Crippen LogP contribution in [0.1, 0.15) is 18.1 Å². The van der Waals surface area contributed by atoms with Crippen molar-refractivity contribution in [3.05, 3.63) is 59.9 Å². The number of rotatable bonds is 5. The van der Waals surface area contributed by atoms with Gasteiger partial charge in [-0.1, -0.05) is 30.0 Å². The topological polar surface area (TPSA) is 67.4 Å². The monoisotopic (exact) mass is 321 g/mol. The van der Waals surface area contributed by atoms with Gasteiger partial charge in [-0.05, 0) is 30.7 Å². The van der Waals surface area contributed by atoms with E-state index in [9.17, 15) is 5.26 Å². The van der Waals surface area contributed by atoms with Gasteiger partial charge < -0.3 is 4.57 Å². The van der Waals surface area contributed by atoms with Crippen molar-refractivity contribution in [3.63, 3.8) is 0 Å². The van der Waals surface area contributed by atoms with E-state index in [-0.39, 0.29) is 0 Å². The van der Waals surface area contributed by atoms with Crippen LogP contribution in [0.2, 0.25) is 0 Å². The predicted octanol–water partition coefficient (Wildman–Crippen LogP) is 3.52. The van der Waals surface area contributed by atoms with Crippen LogP contribution in [-0.4, -0.2) is 19.7 Å². The molecule has 0 fully saturated rings. The van der Waals surface area contributed by atoms with Gasteiger partial charge in [-0.15, -0.1) is 10.2 Å². The summed E-state index contributed by atoms with van der Waals surface area (Å²) >= 11 is 1.59. The predicted molar refractivity (Wildman–Crippen MR) is 89.6 cm³/mol. The van der Waals surface area contributed by atoms with Gasteiger partial charge in [-0.3, -0.25) is 4.98 Å². The summed E-state index contributed by atoms with van der Waals surface area (Å²) in [6, 6.07) is 13.7. The molecule has 0 aliphatic rings. The van der Waals surface area contributed by atoms with Crippen LogP contribution in [0.3, 0.4) is 0 Å². The minimum Gasteiger partial charge on any atom is -0.302 e. The van der Waals surface area contributed by atoms with Crippen LogP contribution in [0, 0.1) is 11.3 Å².